The number of halogens is 1. The van der Waals surface area contributed by atoms with Gasteiger partial charge in [-0.05, 0) is 48.5 Å². The molecule has 43 heavy (non-hydrogen) atoms. The summed E-state index contributed by atoms with van der Waals surface area (Å²) in [6.45, 7) is -0.0311. The third-order valence-electron chi connectivity index (χ3n) is 6.85. The maximum absolute atomic E-state index is 14.2. The molecule has 0 radical (unpaired) electrons. The average Bonchev–Trinajstić information content (AvgIpc) is 3.48. The second kappa shape index (κ2) is 11.7. The molecule has 0 spiro atoms. The summed E-state index contributed by atoms with van der Waals surface area (Å²) in [6, 6.07) is 23.9. The van der Waals surface area contributed by atoms with E-state index >= 15 is 0 Å². The number of benzene rings is 4. The summed E-state index contributed by atoms with van der Waals surface area (Å²) in [5.74, 6) is 1.77. The van der Waals surface area contributed by atoms with Gasteiger partial charge < -0.3 is 23.4 Å². The zero-order valence-electron chi connectivity index (χ0n) is 23.5. The summed E-state index contributed by atoms with van der Waals surface area (Å²) in [6.07, 6.45) is 1.48. The Labute approximate surface area is 245 Å². The van der Waals surface area contributed by atoms with Gasteiger partial charge in [0.05, 0.1) is 43.8 Å². The molecule has 10 heteroatoms. The Bertz CT molecular complexity index is 2020. The molecule has 0 saturated heterocycles. The van der Waals surface area contributed by atoms with E-state index < -0.39 is 0 Å². The molecule has 0 amide bonds. The van der Waals surface area contributed by atoms with Gasteiger partial charge in [0.2, 0.25) is 11.6 Å². The second-order valence-electron chi connectivity index (χ2n) is 9.43. The molecule has 0 N–H and O–H groups in total. The summed E-state index contributed by atoms with van der Waals surface area (Å²) in [5.41, 5.74) is 1.63. The minimum Gasteiger partial charge on any atom is -0.496 e. The predicted molar refractivity (Wildman–Crippen MR) is 161 cm³/mol. The number of para-hydroxylation sites is 1. The Hall–Kier alpha value is -5.64. The quantitative estimate of drug-likeness (QED) is 0.182. The van der Waals surface area contributed by atoms with Crippen LogP contribution in [-0.4, -0.2) is 37.2 Å². The predicted octanol–water partition coefficient (Wildman–Crippen LogP) is 6.44. The van der Waals surface area contributed by atoms with E-state index in [1.165, 1.54) is 31.2 Å². The average molecular weight is 580 g/mol. The van der Waals surface area contributed by atoms with Crippen LogP contribution < -0.4 is 24.5 Å². The first-order valence-corrected chi connectivity index (χ1v) is 13.3. The van der Waals surface area contributed by atoms with Gasteiger partial charge in [-0.3, -0.25) is 4.79 Å². The molecule has 0 saturated carbocycles. The van der Waals surface area contributed by atoms with E-state index in [9.17, 15) is 9.18 Å². The van der Waals surface area contributed by atoms with Gasteiger partial charge in [-0.2, -0.15) is 9.78 Å². The van der Waals surface area contributed by atoms with Crippen molar-refractivity contribution in [2.24, 2.45) is 5.10 Å². The third-order valence-corrected chi connectivity index (χ3v) is 6.85. The van der Waals surface area contributed by atoms with Crippen LogP contribution in [0.2, 0.25) is 0 Å². The van der Waals surface area contributed by atoms with E-state index in [4.69, 9.17) is 28.3 Å². The smallest absolute Gasteiger partial charge is 0.282 e. The van der Waals surface area contributed by atoms with Crippen LogP contribution in [0.4, 0.5) is 4.39 Å². The number of ether oxygens (including phenoxy) is 4. The standard InChI is InChI=1S/C33H26FN3O6/c1-39-26-13-8-14-27-23(26)17-30(43-27)32-36-25-12-7-5-10-22(25)33(38)37(32)35-18-20-15-28(40-2)31(29(16-20)41-3)42-19-21-9-4-6-11-24(21)34/h4-18H,19H2,1-3H3. The Morgan fingerprint density at radius 1 is 0.860 bits per heavy atom. The first-order valence-electron chi connectivity index (χ1n) is 13.3. The lowest BCUT2D eigenvalue weighted by Crippen LogP contribution is -2.20. The van der Waals surface area contributed by atoms with Gasteiger partial charge in [0.25, 0.3) is 5.56 Å². The number of rotatable bonds is 9. The van der Waals surface area contributed by atoms with Crippen molar-refractivity contribution in [2.75, 3.05) is 21.3 Å². The number of fused-ring (bicyclic) bond motifs is 2. The molecule has 6 rings (SSSR count). The first kappa shape index (κ1) is 27.5. The summed E-state index contributed by atoms with van der Waals surface area (Å²) in [5, 5.41) is 5.65. The Balaban J connectivity index is 1.43. The van der Waals surface area contributed by atoms with Gasteiger partial charge in [0.1, 0.15) is 23.8 Å². The highest BCUT2D eigenvalue weighted by atomic mass is 19.1. The number of nitrogens with zero attached hydrogens (tertiary/aromatic N) is 3. The molecule has 0 aliphatic rings. The fraction of sp³-hybridized carbons (Fsp3) is 0.121. The van der Waals surface area contributed by atoms with Gasteiger partial charge in [-0.25, -0.2) is 9.37 Å². The van der Waals surface area contributed by atoms with Crippen LogP contribution in [0.15, 0.2) is 99.2 Å². The topological polar surface area (TPSA) is 97.3 Å². The molecule has 9 nitrogen and oxygen atoms in total. The molecule has 2 heterocycles. The summed E-state index contributed by atoms with van der Waals surface area (Å²) in [4.78, 5) is 18.4. The monoisotopic (exact) mass is 579 g/mol. The lowest BCUT2D eigenvalue weighted by Gasteiger charge is -2.15. The Kier molecular flexibility index (Phi) is 7.48. The molecule has 0 fully saturated rings. The van der Waals surface area contributed by atoms with Crippen LogP contribution >= 0.6 is 0 Å². The first-order chi connectivity index (χ1) is 21.0. The number of methoxy groups -OCH3 is 3. The minimum atomic E-state index is -0.381. The lowest BCUT2D eigenvalue weighted by molar-refractivity contribution is 0.262. The SMILES string of the molecule is COc1cc(C=Nn2c(-c3cc4c(OC)cccc4o3)nc3ccccc3c2=O)cc(OC)c1OCc1ccccc1F. The number of hydrogen-bond acceptors (Lipinski definition) is 8. The van der Waals surface area contributed by atoms with Crippen molar-refractivity contribution in [3.63, 3.8) is 0 Å². The number of hydrogen-bond donors (Lipinski definition) is 0. The van der Waals surface area contributed by atoms with E-state index in [-0.39, 0.29) is 23.8 Å². The Morgan fingerprint density at radius 3 is 2.33 bits per heavy atom. The normalized spacial score (nSPS) is 11.3. The molecule has 0 atom stereocenters. The third kappa shape index (κ3) is 5.26. The van der Waals surface area contributed by atoms with Crippen LogP contribution in [-0.2, 0) is 6.61 Å². The van der Waals surface area contributed by atoms with Crippen molar-refractivity contribution in [1.29, 1.82) is 0 Å². The van der Waals surface area contributed by atoms with Gasteiger partial charge in [-0.15, -0.1) is 0 Å². The molecular formula is C33H26FN3O6. The molecular weight excluding hydrogens is 553 g/mol. The second-order valence-corrected chi connectivity index (χ2v) is 9.43. The van der Waals surface area contributed by atoms with Crippen LogP contribution in [0, 0.1) is 5.82 Å². The van der Waals surface area contributed by atoms with Gasteiger partial charge in [-0.1, -0.05) is 36.4 Å². The van der Waals surface area contributed by atoms with E-state index in [1.54, 1.807) is 61.7 Å². The van der Waals surface area contributed by atoms with Crippen molar-refractivity contribution in [2.45, 2.75) is 6.61 Å². The van der Waals surface area contributed by atoms with E-state index in [2.05, 4.69) is 5.10 Å². The highest BCUT2D eigenvalue weighted by Gasteiger charge is 2.19. The fourth-order valence-electron chi connectivity index (χ4n) is 4.72. The Morgan fingerprint density at radius 2 is 1.58 bits per heavy atom. The molecule has 6 aromatic rings. The number of aromatic nitrogens is 2. The molecule has 2 aromatic heterocycles. The highest BCUT2D eigenvalue weighted by Crippen LogP contribution is 2.39. The van der Waals surface area contributed by atoms with Crippen molar-refractivity contribution in [3.8, 4) is 34.6 Å². The van der Waals surface area contributed by atoms with Crippen LogP contribution in [0.5, 0.6) is 23.0 Å². The van der Waals surface area contributed by atoms with E-state index in [0.717, 1.165) is 5.39 Å². The highest BCUT2D eigenvalue weighted by molar-refractivity contribution is 5.89. The largest absolute Gasteiger partial charge is 0.496 e. The summed E-state index contributed by atoms with van der Waals surface area (Å²) < 4.78 is 43.9. The van der Waals surface area contributed by atoms with Crippen LogP contribution in [0.3, 0.4) is 0 Å². The molecule has 0 aliphatic carbocycles. The lowest BCUT2D eigenvalue weighted by atomic mass is 10.2. The zero-order chi connectivity index (χ0) is 29.9. The van der Waals surface area contributed by atoms with E-state index in [0.29, 0.717) is 56.4 Å². The minimum absolute atomic E-state index is 0.0311. The van der Waals surface area contributed by atoms with Gasteiger partial charge >= 0.3 is 0 Å². The molecule has 0 bridgehead atoms. The van der Waals surface area contributed by atoms with Crippen molar-refractivity contribution < 1.29 is 27.8 Å². The molecule has 4 aromatic carbocycles. The number of furan rings is 1. The maximum Gasteiger partial charge on any atom is 0.282 e. The fourth-order valence-corrected chi connectivity index (χ4v) is 4.72. The van der Waals surface area contributed by atoms with Crippen molar-refractivity contribution >= 4 is 28.1 Å². The van der Waals surface area contributed by atoms with E-state index in [1.807, 2.05) is 24.3 Å². The summed E-state index contributed by atoms with van der Waals surface area (Å²) >= 11 is 0. The maximum atomic E-state index is 14.2. The van der Waals surface area contributed by atoms with Crippen LogP contribution in [0.25, 0.3) is 33.5 Å². The molecule has 0 aliphatic heterocycles. The van der Waals surface area contributed by atoms with Crippen molar-refractivity contribution in [3.05, 3.63) is 112 Å². The summed E-state index contributed by atoms with van der Waals surface area (Å²) in [7, 11) is 4.55. The van der Waals surface area contributed by atoms with Crippen molar-refractivity contribution in [1.82, 2.24) is 9.66 Å². The van der Waals surface area contributed by atoms with Crippen LogP contribution in [0.1, 0.15) is 11.1 Å². The zero-order valence-corrected chi connectivity index (χ0v) is 23.5. The molecule has 0 unspecified atom stereocenters. The molecule has 216 valence electrons. The van der Waals surface area contributed by atoms with Gasteiger partial charge in [0.15, 0.2) is 17.3 Å². The van der Waals surface area contributed by atoms with Gasteiger partial charge in [0, 0.05) is 11.1 Å².